The van der Waals surface area contributed by atoms with Crippen molar-refractivity contribution in [2.75, 3.05) is 0 Å². The van der Waals surface area contributed by atoms with E-state index in [0.717, 1.165) is 65.6 Å². The van der Waals surface area contributed by atoms with Crippen LogP contribution in [0.15, 0.2) is 22.3 Å². The second-order valence-electron chi connectivity index (χ2n) is 6.84. The van der Waals surface area contributed by atoms with Gasteiger partial charge in [-0.3, -0.25) is 9.36 Å². The fourth-order valence-electron chi connectivity index (χ4n) is 3.55. The summed E-state index contributed by atoms with van der Waals surface area (Å²) in [4.78, 5) is 24.9. The third-order valence-electron chi connectivity index (χ3n) is 5.03. The number of hydrogen-bond donors (Lipinski definition) is 0. The van der Waals surface area contributed by atoms with Crippen LogP contribution in [0.1, 0.15) is 48.9 Å². The van der Waals surface area contributed by atoms with E-state index >= 15 is 0 Å². The van der Waals surface area contributed by atoms with Crippen molar-refractivity contribution in [1.82, 2.24) is 19.1 Å². The van der Waals surface area contributed by atoms with E-state index in [2.05, 4.69) is 11.9 Å². The molecule has 3 aromatic heterocycles. The van der Waals surface area contributed by atoms with E-state index in [9.17, 15) is 4.79 Å². The van der Waals surface area contributed by atoms with Crippen LogP contribution >= 0.6 is 23.1 Å². The second kappa shape index (κ2) is 7.56. The molecule has 1 aliphatic carbocycles. The summed E-state index contributed by atoms with van der Waals surface area (Å²) in [6, 6.07) is 0. The first-order valence-corrected chi connectivity index (χ1v) is 11.1. The monoisotopic (exact) mass is 388 g/mol. The predicted octanol–water partition coefficient (Wildman–Crippen LogP) is 4.16. The van der Waals surface area contributed by atoms with Gasteiger partial charge in [-0.15, -0.1) is 11.3 Å². The minimum absolute atomic E-state index is 0.160. The lowest BCUT2D eigenvalue weighted by Crippen LogP contribution is -2.23. The first-order chi connectivity index (χ1) is 12.7. The highest BCUT2D eigenvalue weighted by Gasteiger charge is 2.23. The number of fused-ring (bicyclic) bond motifs is 3. The smallest absolute Gasteiger partial charge is 0.263 e. The Balaban J connectivity index is 1.73. The van der Waals surface area contributed by atoms with Crippen LogP contribution in [-0.2, 0) is 32.2 Å². The second-order valence-corrected chi connectivity index (χ2v) is 8.86. The van der Waals surface area contributed by atoms with Gasteiger partial charge in [0.1, 0.15) is 10.7 Å². The summed E-state index contributed by atoms with van der Waals surface area (Å²) in [5, 5.41) is 1.72. The summed E-state index contributed by atoms with van der Waals surface area (Å²) in [7, 11) is 2.00. The van der Waals surface area contributed by atoms with Crippen LogP contribution in [0.2, 0.25) is 0 Å². The molecule has 138 valence electrons. The topological polar surface area (TPSA) is 52.7 Å². The highest BCUT2D eigenvalue weighted by Crippen LogP contribution is 2.35. The van der Waals surface area contributed by atoms with Gasteiger partial charge in [0.15, 0.2) is 5.16 Å². The maximum Gasteiger partial charge on any atom is 0.263 e. The molecule has 26 heavy (non-hydrogen) atoms. The van der Waals surface area contributed by atoms with Crippen molar-refractivity contribution in [3.63, 3.8) is 0 Å². The zero-order valence-electron chi connectivity index (χ0n) is 15.3. The van der Waals surface area contributed by atoms with E-state index in [0.29, 0.717) is 0 Å². The number of hydrogen-bond acceptors (Lipinski definition) is 5. The molecule has 0 saturated heterocycles. The van der Waals surface area contributed by atoms with Gasteiger partial charge in [0.25, 0.3) is 5.56 Å². The molecule has 0 saturated carbocycles. The van der Waals surface area contributed by atoms with Crippen molar-refractivity contribution in [3.05, 3.63) is 39.0 Å². The van der Waals surface area contributed by atoms with E-state index in [-0.39, 0.29) is 5.56 Å². The standard InChI is InChI=1S/C19H24N4OS2/c1-3-4-5-10-23-18(24)16-13-7-6-8-14(13)26-17(16)21-19(23)25-12-15-20-9-11-22(15)2/h9,11H,3-8,10,12H2,1-2H3. The van der Waals surface area contributed by atoms with Crippen molar-refractivity contribution in [1.29, 1.82) is 0 Å². The van der Waals surface area contributed by atoms with Crippen molar-refractivity contribution in [2.24, 2.45) is 7.05 Å². The fraction of sp³-hybridized carbons (Fsp3) is 0.526. The zero-order valence-corrected chi connectivity index (χ0v) is 17.0. The molecule has 4 rings (SSSR count). The number of unbranched alkanes of at least 4 members (excludes halogenated alkanes) is 2. The molecule has 0 bridgehead atoms. The fourth-order valence-corrected chi connectivity index (χ4v) is 5.88. The Morgan fingerprint density at radius 2 is 2.19 bits per heavy atom. The van der Waals surface area contributed by atoms with Gasteiger partial charge in [-0.1, -0.05) is 31.5 Å². The van der Waals surface area contributed by atoms with Crippen LogP contribution in [0.3, 0.4) is 0 Å². The number of aromatic nitrogens is 4. The van der Waals surface area contributed by atoms with Crippen LogP contribution in [0, 0.1) is 0 Å². The summed E-state index contributed by atoms with van der Waals surface area (Å²) < 4.78 is 3.93. The minimum atomic E-state index is 0.160. The van der Waals surface area contributed by atoms with Gasteiger partial charge in [0.05, 0.1) is 11.1 Å². The molecule has 0 fully saturated rings. The van der Waals surface area contributed by atoms with E-state index in [1.807, 2.05) is 28.6 Å². The SMILES string of the molecule is CCCCCn1c(SCc2nccn2C)nc2sc3c(c2c1=O)CCC3. The maximum absolute atomic E-state index is 13.3. The molecule has 0 aromatic carbocycles. The van der Waals surface area contributed by atoms with Gasteiger partial charge in [-0.25, -0.2) is 9.97 Å². The van der Waals surface area contributed by atoms with Crippen LogP contribution in [0.25, 0.3) is 10.2 Å². The molecular formula is C19H24N4OS2. The third-order valence-corrected chi connectivity index (χ3v) is 7.18. The third kappa shape index (κ3) is 3.22. The van der Waals surface area contributed by atoms with Crippen molar-refractivity contribution < 1.29 is 0 Å². The Labute approximate surface area is 161 Å². The quantitative estimate of drug-likeness (QED) is 0.346. The summed E-state index contributed by atoms with van der Waals surface area (Å²) in [6.07, 6.45) is 10.4. The number of thioether (sulfide) groups is 1. The van der Waals surface area contributed by atoms with Gasteiger partial charge in [0.2, 0.25) is 0 Å². The predicted molar refractivity (Wildman–Crippen MR) is 108 cm³/mol. The first kappa shape index (κ1) is 17.8. The zero-order chi connectivity index (χ0) is 18.1. The van der Waals surface area contributed by atoms with Crippen LogP contribution in [0.5, 0.6) is 0 Å². The Morgan fingerprint density at radius 1 is 1.31 bits per heavy atom. The Bertz CT molecular complexity index is 985. The highest BCUT2D eigenvalue weighted by atomic mass is 32.2. The van der Waals surface area contributed by atoms with Gasteiger partial charge >= 0.3 is 0 Å². The van der Waals surface area contributed by atoms with Crippen LogP contribution in [0.4, 0.5) is 0 Å². The van der Waals surface area contributed by atoms with Crippen molar-refractivity contribution in [3.8, 4) is 0 Å². The molecule has 3 aromatic rings. The molecule has 0 atom stereocenters. The summed E-state index contributed by atoms with van der Waals surface area (Å²) >= 11 is 3.34. The van der Waals surface area contributed by atoms with Crippen LogP contribution in [-0.4, -0.2) is 19.1 Å². The molecule has 0 unspecified atom stereocenters. The van der Waals surface area contributed by atoms with Gasteiger partial charge in [-0.05, 0) is 31.2 Å². The molecule has 0 N–H and O–H groups in total. The lowest BCUT2D eigenvalue weighted by Gasteiger charge is -2.12. The summed E-state index contributed by atoms with van der Waals surface area (Å²) in [5.74, 6) is 1.72. The summed E-state index contributed by atoms with van der Waals surface area (Å²) in [6.45, 7) is 2.94. The lowest BCUT2D eigenvalue weighted by molar-refractivity contribution is 0.542. The van der Waals surface area contributed by atoms with E-state index in [1.54, 1.807) is 23.1 Å². The molecule has 0 spiro atoms. The largest absolute Gasteiger partial charge is 0.337 e. The van der Waals surface area contributed by atoms with E-state index < -0.39 is 0 Å². The molecule has 0 aliphatic heterocycles. The number of thiophene rings is 1. The minimum Gasteiger partial charge on any atom is -0.337 e. The molecule has 7 heteroatoms. The average molecular weight is 389 g/mol. The normalized spacial score (nSPS) is 13.6. The van der Waals surface area contributed by atoms with E-state index in [4.69, 9.17) is 4.98 Å². The Morgan fingerprint density at radius 3 is 2.96 bits per heavy atom. The van der Waals surface area contributed by atoms with E-state index in [1.165, 1.54) is 16.9 Å². The van der Waals surface area contributed by atoms with Gasteiger partial charge < -0.3 is 4.57 Å². The van der Waals surface area contributed by atoms with Gasteiger partial charge in [-0.2, -0.15) is 0 Å². The Kier molecular flexibility index (Phi) is 5.18. The molecule has 5 nitrogen and oxygen atoms in total. The number of imidazole rings is 1. The van der Waals surface area contributed by atoms with Crippen molar-refractivity contribution >= 4 is 33.3 Å². The highest BCUT2D eigenvalue weighted by molar-refractivity contribution is 7.98. The molecular weight excluding hydrogens is 364 g/mol. The summed E-state index contributed by atoms with van der Waals surface area (Å²) in [5.41, 5.74) is 1.43. The molecule has 1 aliphatic rings. The number of rotatable bonds is 7. The maximum atomic E-state index is 13.3. The molecule has 0 radical (unpaired) electrons. The van der Waals surface area contributed by atoms with Gasteiger partial charge in [0, 0.05) is 30.9 Å². The Hall–Kier alpha value is -1.60. The number of aryl methyl sites for hydroxylation is 3. The first-order valence-electron chi connectivity index (χ1n) is 9.33. The average Bonchev–Trinajstić information content (AvgIpc) is 3.31. The molecule has 0 amide bonds. The van der Waals surface area contributed by atoms with Crippen molar-refractivity contribution in [2.45, 2.75) is 62.9 Å². The lowest BCUT2D eigenvalue weighted by atomic mass is 10.2. The molecule has 3 heterocycles. The van der Waals surface area contributed by atoms with Crippen LogP contribution < -0.4 is 5.56 Å². The number of nitrogens with zero attached hydrogens (tertiary/aromatic N) is 4.